The Morgan fingerprint density at radius 1 is 1.47 bits per heavy atom. The van der Waals surface area contributed by atoms with Crippen LogP contribution in [0.5, 0.6) is 5.88 Å². The Kier molecular flexibility index (Phi) is 3.90. The van der Waals surface area contributed by atoms with Crippen LogP contribution >= 0.6 is 0 Å². The van der Waals surface area contributed by atoms with Gasteiger partial charge in [0.25, 0.3) is 0 Å². The molecule has 0 atom stereocenters. The van der Waals surface area contributed by atoms with E-state index in [1.807, 2.05) is 6.92 Å². The molecule has 5 nitrogen and oxygen atoms in total. The summed E-state index contributed by atoms with van der Waals surface area (Å²) in [5.74, 6) is 0.324. The fraction of sp³-hybridized carbons (Fsp3) is 0.444. The Morgan fingerprint density at radius 2 is 2.20 bits per heavy atom. The fourth-order valence-corrected chi connectivity index (χ4v) is 1.59. The summed E-state index contributed by atoms with van der Waals surface area (Å²) in [7, 11) is -3.28. The molecule has 0 bridgehead atoms. The second-order valence-corrected chi connectivity index (χ2v) is 4.81. The van der Waals surface area contributed by atoms with E-state index in [0.717, 1.165) is 0 Å². The molecule has 0 radical (unpaired) electrons. The minimum absolute atomic E-state index is 0.0213. The summed E-state index contributed by atoms with van der Waals surface area (Å²) in [6, 6.07) is 3.27. The maximum atomic E-state index is 11.3. The van der Waals surface area contributed by atoms with Crippen LogP contribution in [0.4, 0.5) is 5.69 Å². The molecule has 0 aliphatic heterocycles. The molecule has 15 heavy (non-hydrogen) atoms. The summed E-state index contributed by atoms with van der Waals surface area (Å²) in [5, 5.41) is 0. The third-order valence-corrected chi connectivity index (χ3v) is 2.99. The van der Waals surface area contributed by atoms with E-state index in [2.05, 4.69) is 9.71 Å². The lowest BCUT2D eigenvalue weighted by Gasteiger charge is -2.10. The normalized spacial score (nSPS) is 11.1. The highest BCUT2D eigenvalue weighted by atomic mass is 32.2. The van der Waals surface area contributed by atoms with Crippen molar-refractivity contribution < 1.29 is 13.2 Å². The molecular formula is C9H14N2O3S. The van der Waals surface area contributed by atoms with Crippen LogP contribution < -0.4 is 9.46 Å². The van der Waals surface area contributed by atoms with Crippen molar-refractivity contribution in [2.75, 3.05) is 17.1 Å². The number of hydrogen-bond donors (Lipinski definition) is 1. The fourth-order valence-electron chi connectivity index (χ4n) is 0.960. The maximum absolute atomic E-state index is 11.3. The van der Waals surface area contributed by atoms with Crippen LogP contribution in [0.3, 0.4) is 0 Å². The van der Waals surface area contributed by atoms with Gasteiger partial charge in [-0.1, -0.05) is 0 Å². The molecule has 0 aliphatic rings. The van der Waals surface area contributed by atoms with Gasteiger partial charge in [-0.25, -0.2) is 13.4 Å². The highest BCUT2D eigenvalue weighted by molar-refractivity contribution is 7.92. The molecule has 0 amide bonds. The van der Waals surface area contributed by atoms with Gasteiger partial charge in [0, 0.05) is 6.20 Å². The third-order valence-electron chi connectivity index (χ3n) is 1.70. The predicted molar refractivity (Wildman–Crippen MR) is 58.5 cm³/mol. The predicted octanol–water partition coefficient (Wildman–Crippen LogP) is 1.24. The van der Waals surface area contributed by atoms with E-state index >= 15 is 0 Å². The summed E-state index contributed by atoms with van der Waals surface area (Å²) < 4.78 is 30.3. The number of hydrogen-bond acceptors (Lipinski definition) is 4. The van der Waals surface area contributed by atoms with Crippen molar-refractivity contribution in [2.24, 2.45) is 0 Å². The largest absolute Gasteiger partial charge is 0.476 e. The molecule has 1 heterocycles. The Labute approximate surface area is 89.5 Å². The van der Waals surface area contributed by atoms with E-state index in [1.165, 1.54) is 0 Å². The lowest BCUT2D eigenvalue weighted by Crippen LogP contribution is -2.15. The number of nitrogens with zero attached hydrogens (tertiary/aromatic N) is 1. The second-order valence-electron chi connectivity index (χ2n) is 2.79. The van der Waals surface area contributed by atoms with Gasteiger partial charge in [-0.3, -0.25) is 4.72 Å². The molecule has 0 fully saturated rings. The first-order valence-corrected chi connectivity index (χ1v) is 6.32. The molecule has 0 aromatic carbocycles. The quantitative estimate of drug-likeness (QED) is 0.826. The zero-order chi connectivity index (χ0) is 11.3. The van der Waals surface area contributed by atoms with Gasteiger partial charge < -0.3 is 4.74 Å². The van der Waals surface area contributed by atoms with E-state index < -0.39 is 10.0 Å². The standard InChI is InChI=1S/C9H14N2O3S/c1-3-14-9-8(6-5-7-10-9)11-15(12,13)4-2/h5-7,11H,3-4H2,1-2H3. The number of anilines is 1. The number of sulfonamides is 1. The van der Waals surface area contributed by atoms with E-state index in [0.29, 0.717) is 18.2 Å². The monoisotopic (exact) mass is 230 g/mol. The van der Waals surface area contributed by atoms with Gasteiger partial charge in [0.15, 0.2) is 0 Å². The average Bonchev–Trinajstić information content (AvgIpc) is 2.21. The zero-order valence-corrected chi connectivity index (χ0v) is 9.54. The van der Waals surface area contributed by atoms with Crippen molar-refractivity contribution in [3.63, 3.8) is 0 Å². The maximum Gasteiger partial charge on any atom is 0.238 e. The molecule has 1 aromatic rings. The third kappa shape index (κ3) is 3.39. The summed E-state index contributed by atoms with van der Waals surface area (Å²) >= 11 is 0. The van der Waals surface area contributed by atoms with Crippen LogP contribution in [0.15, 0.2) is 18.3 Å². The van der Waals surface area contributed by atoms with Crippen molar-refractivity contribution >= 4 is 15.7 Å². The number of ether oxygens (including phenoxy) is 1. The van der Waals surface area contributed by atoms with Gasteiger partial charge in [-0.2, -0.15) is 0 Å². The first-order valence-electron chi connectivity index (χ1n) is 4.67. The molecule has 0 saturated carbocycles. The number of rotatable bonds is 5. The van der Waals surface area contributed by atoms with Gasteiger partial charge in [0.05, 0.1) is 12.4 Å². The molecule has 0 unspecified atom stereocenters. The van der Waals surface area contributed by atoms with E-state index in [4.69, 9.17) is 4.74 Å². The van der Waals surface area contributed by atoms with Gasteiger partial charge in [0.2, 0.25) is 15.9 Å². The first-order chi connectivity index (χ1) is 7.09. The molecule has 1 N–H and O–H groups in total. The van der Waals surface area contributed by atoms with Crippen LogP contribution in [-0.2, 0) is 10.0 Å². The smallest absolute Gasteiger partial charge is 0.238 e. The summed E-state index contributed by atoms with van der Waals surface area (Å²) in [5.41, 5.74) is 0.376. The molecule has 0 spiro atoms. The van der Waals surface area contributed by atoms with Crippen molar-refractivity contribution in [2.45, 2.75) is 13.8 Å². The van der Waals surface area contributed by atoms with Gasteiger partial charge in [0.1, 0.15) is 5.69 Å². The SMILES string of the molecule is CCOc1ncccc1NS(=O)(=O)CC. The van der Waals surface area contributed by atoms with Crippen molar-refractivity contribution in [1.29, 1.82) is 0 Å². The first kappa shape index (κ1) is 11.8. The lowest BCUT2D eigenvalue weighted by atomic mass is 10.4. The number of aromatic nitrogens is 1. The molecule has 84 valence electrons. The molecule has 0 aliphatic carbocycles. The van der Waals surface area contributed by atoms with E-state index in [-0.39, 0.29) is 5.75 Å². The highest BCUT2D eigenvalue weighted by Crippen LogP contribution is 2.21. The minimum atomic E-state index is -3.28. The molecule has 1 rings (SSSR count). The van der Waals surface area contributed by atoms with Crippen LogP contribution in [0.1, 0.15) is 13.8 Å². The molecular weight excluding hydrogens is 216 g/mol. The Balaban J connectivity index is 2.94. The van der Waals surface area contributed by atoms with Crippen LogP contribution in [0.2, 0.25) is 0 Å². The topological polar surface area (TPSA) is 68.3 Å². The highest BCUT2D eigenvalue weighted by Gasteiger charge is 2.11. The average molecular weight is 230 g/mol. The number of pyridine rings is 1. The van der Waals surface area contributed by atoms with Crippen molar-refractivity contribution in [3.05, 3.63) is 18.3 Å². The van der Waals surface area contributed by atoms with Gasteiger partial charge >= 0.3 is 0 Å². The Morgan fingerprint density at radius 3 is 2.80 bits per heavy atom. The van der Waals surface area contributed by atoms with Crippen LogP contribution in [0.25, 0.3) is 0 Å². The molecule has 0 saturated heterocycles. The van der Waals surface area contributed by atoms with E-state index in [1.54, 1.807) is 25.3 Å². The van der Waals surface area contributed by atoms with Gasteiger partial charge in [-0.15, -0.1) is 0 Å². The second kappa shape index (κ2) is 4.97. The number of nitrogens with one attached hydrogen (secondary N) is 1. The molecule has 1 aromatic heterocycles. The van der Waals surface area contributed by atoms with Crippen molar-refractivity contribution in [1.82, 2.24) is 4.98 Å². The van der Waals surface area contributed by atoms with Crippen LogP contribution in [0, 0.1) is 0 Å². The van der Waals surface area contributed by atoms with E-state index in [9.17, 15) is 8.42 Å². The summed E-state index contributed by atoms with van der Waals surface area (Å²) in [6.45, 7) is 3.82. The Bertz CT molecular complexity index is 417. The van der Waals surface area contributed by atoms with Crippen LogP contribution in [-0.4, -0.2) is 25.8 Å². The van der Waals surface area contributed by atoms with Crippen molar-refractivity contribution in [3.8, 4) is 5.88 Å². The zero-order valence-electron chi connectivity index (χ0n) is 8.73. The lowest BCUT2D eigenvalue weighted by molar-refractivity contribution is 0.329. The summed E-state index contributed by atoms with van der Waals surface area (Å²) in [6.07, 6.45) is 1.55. The minimum Gasteiger partial charge on any atom is -0.476 e. The van der Waals surface area contributed by atoms with Gasteiger partial charge in [-0.05, 0) is 26.0 Å². The Hall–Kier alpha value is -1.30. The molecule has 6 heteroatoms. The summed E-state index contributed by atoms with van der Waals surface area (Å²) in [4.78, 5) is 3.94.